The van der Waals surface area contributed by atoms with Gasteiger partial charge in [0.1, 0.15) is 5.82 Å². The van der Waals surface area contributed by atoms with E-state index >= 15 is 0 Å². The van der Waals surface area contributed by atoms with Gasteiger partial charge in [-0.25, -0.2) is 8.96 Å². The third-order valence-electron chi connectivity index (χ3n) is 3.97. The van der Waals surface area contributed by atoms with Gasteiger partial charge in [0.2, 0.25) is 0 Å². The van der Waals surface area contributed by atoms with Crippen LogP contribution in [0.2, 0.25) is 0 Å². The van der Waals surface area contributed by atoms with Crippen LogP contribution in [0.5, 0.6) is 0 Å². The number of halogens is 1. The summed E-state index contributed by atoms with van der Waals surface area (Å²) in [6.45, 7) is 0.269. The van der Waals surface area contributed by atoms with E-state index in [1.165, 1.54) is 10.6 Å². The van der Waals surface area contributed by atoms with E-state index in [4.69, 9.17) is 12.2 Å². The van der Waals surface area contributed by atoms with E-state index in [2.05, 4.69) is 10.1 Å². The van der Waals surface area contributed by atoms with Gasteiger partial charge >= 0.3 is 0 Å². The highest BCUT2D eigenvalue weighted by molar-refractivity contribution is 7.71. The topological polar surface area (TPSA) is 55.6 Å². The van der Waals surface area contributed by atoms with E-state index in [0.717, 1.165) is 0 Å². The first-order chi connectivity index (χ1) is 12.1. The first-order valence-corrected chi connectivity index (χ1v) is 8.04. The Balaban J connectivity index is 1.78. The second-order valence-corrected chi connectivity index (χ2v) is 5.99. The van der Waals surface area contributed by atoms with Crippen molar-refractivity contribution in [2.75, 3.05) is 0 Å². The van der Waals surface area contributed by atoms with Crippen molar-refractivity contribution in [1.29, 1.82) is 0 Å². The molecular weight excluding hydrogens is 339 g/mol. The first kappa shape index (κ1) is 15.5. The average molecular weight is 352 g/mol. The summed E-state index contributed by atoms with van der Waals surface area (Å²) in [6.07, 6.45) is 3.22. The van der Waals surface area contributed by atoms with Gasteiger partial charge in [-0.15, -0.1) is 0 Å². The Morgan fingerprint density at radius 3 is 2.72 bits per heavy atom. The molecule has 0 saturated heterocycles. The van der Waals surface area contributed by atoms with E-state index in [-0.39, 0.29) is 22.7 Å². The largest absolute Gasteiger partial charge is 0.331 e. The molecule has 124 valence electrons. The molecule has 0 amide bonds. The van der Waals surface area contributed by atoms with Gasteiger partial charge < -0.3 is 4.98 Å². The van der Waals surface area contributed by atoms with Crippen LogP contribution < -0.4 is 5.56 Å². The summed E-state index contributed by atoms with van der Waals surface area (Å²) in [5.74, 6) is -0.292. The van der Waals surface area contributed by atoms with Crippen molar-refractivity contribution in [3.05, 3.63) is 87.4 Å². The zero-order valence-electron chi connectivity index (χ0n) is 13.0. The number of hydrogen-bond acceptors (Lipinski definition) is 3. The van der Waals surface area contributed by atoms with E-state index in [0.29, 0.717) is 22.2 Å². The summed E-state index contributed by atoms with van der Waals surface area (Å²) in [5, 5.41) is 4.76. The van der Waals surface area contributed by atoms with Crippen LogP contribution in [-0.2, 0) is 6.54 Å². The van der Waals surface area contributed by atoms with E-state index in [1.54, 1.807) is 53.5 Å². The van der Waals surface area contributed by atoms with Gasteiger partial charge in [0.05, 0.1) is 29.3 Å². The smallest absolute Gasteiger partial charge is 0.266 e. The maximum absolute atomic E-state index is 13.8. The molecule has 1 N–H and O–H groups in total. The standard InChI is InChI=1S/C18H13FN4OS/c19-15-7-3-1-5-12(15)10-22-11-13(9-20-22)23-17(24)14-6-2-4-8-16(14)21-18(23)25/h1-9,11H,10H2,(H,21,25). The van der Waals surface area contributed by atoms with Crippen LogP contribution in [0.15, 0.2) is 65.7 Å². The third kappa shape index (κ3) is 2.78. The number of para-hydroxylation sites is 1. The minimum Gasteiger partial charge on any atom is -0.331 e. The van der Waals surface area contributed by atoms with Crippen LogP contribution in [0.4, 0.5) is 4.39 Å². The highest BCUT2D eigenvalue weighted by atomic mass is 32.1. The van der Waals surface area contributed by atoms with Gasteiger partial charge in [-0.1, -0.05) is 30.3 Å². The zero-order chi connectivity index (χ0) is 17.4. The van der Waals surface area contributed by atoms with Crippen molar-refractivity contribution in [3.8, 4) is 5.69 Å². The molecule has 0 aliphatic carbocycles. The number of aromatic nitrogens is 4. The summed E-state index contributed by atoms with van der Waals surface area (Å²) in [4.78, 5) is 15.8. The molecule has 7 heteroatoms. The summed E-state index contributed by atoms with van der Waals surface area (Å²) in [6, 6.07) is 13.7. The molecule has 0 aliphatic heterocycles. The second kappa shape index (κ2) is 6.10. The van der Waals surface area contributed by atoms with Gasteiger partial charge in [-0.05, 0) is 30.4 Å². The van der Waals surface area contributed by atoms with Crippen molar-refractivity contribution in [2.45, 2.75) is 6.54 Å². The lowest BCUT2D eigenvalue weighted by atomic mass is 10.2. The fourth-order valence-electron chi connectivity index (χ4n) is 2.75. The number of fused-ring (bicyclic) bond motifs is 1. The molecule has 4 aromatic rings. The van der Waals surface area contributed by atoms with Gasteiger partial charge in [-0.3, -0.25) is 9.48 Å². The lowest BCUT2D eigenvalue weighted by molar-refractivity contribution is 0.585. The molecule has 2 aromatic heterocycles. The molecule has 0 aliphatic rings. The molecule has 0 unspecified atom stereocenters. The highest BCUT2D eigenvalue weighted by Gasteiger charge is 2.10. The van der Waals surface area contributed by atoms with Gasteiger partial charge in [0.15, 0.2) is 4.77 Å². The Bertz CT molecular complexity index is 1190. The molecule has 0 fully saturated rings. The molecule has 0 spiro atoms. The SMILES string of the molecule is O=c1c2ccccc2[nH]c(=S)n1-c1cnn(Cc2ccccc2F)c1. The predicted octanol–water partition coefficient (Wildman–Crippen LogP) is 3.43. The fraction of sp³-hybridized carbons (Fsp3) is 0.0556. The number of benzene rings is 2. The first-order valence-electron chi connectivity index (χ1n) is 7.64. The Kier molecular flexibility index (Phi) is 3.77. The van der Waals surface area contributed by atoms with Crippen molar-refractivity contribution >= 4 is 23.1 Å². The van der Waals surface area contributed by atoms with Crippen LogP contribution in [0.1, 0.15) is 5.56 Å². The zero-order valence-corrected chi connectivity index (χ0v) is 13.8. The monoisotopic (exact) mass is 352 g/mol. The molecule has 2 aromatic carbocycles. The minimum atomic E-state index is -0.292. The molecule has 2 heterocycles. The van der Waals surface area contributed by atoms with Crippen molar-refractivity contribution in [2.24, 2.45) is 0 Å². The van der Waals surface area contributed by atoms with Crippen LogP contribution in [0.25, 0.3) is 16.6 Å². The maximum Gasteiger partial charge on any atom is 0.266 e. The number of nitrogens with zero attached hydrogens (tertiary/aromatic N) is 3. The van der Waals surface area contributed by atoms with Crippen LogP contribution in [0.3, 0.4) is 0 Å². The Morgan fingerprint density at radius 2 is 1.88 bits per heavy atom. The van der Waals surface area contributed by atoms with E-state index in [1.807, 2.05) is 6.07 Å². The average Bonchev–Trinajstić information content (AvgIpc) is 3.05. The molecule has 4 rings (SSSR count). The Labute approximate surface area is 147 Å². The number of nitrogens with one attached hydrogen (secondary N) is 1. The maximum atomic E-state index is 13.8. The van der Waals surface area contributed by atoms with Crippen molar-refractivity contribution in [3.63, 3.8) is 0 Å². The van der Waals surface area contributed by atoms with Crippen LogP contribution in [0, 0.1) is 10.6 Å². The predicted molar refractivity (Wildman–Crippen MR) is 96.0 cm³/mol. The Hall–Kier alpha value is -3.06. The molecule has 25 heavy (non-hydrogen) atoms. The molecule has 0 radical (unpaired) electrons. The summed E-state index contributed by atoms with van der Waals surface area (Å²) >= 11 is 5.32. The number of H-pyrrole nitrogens is 1. The highest BCUT2D eigenvalue weighted by Crippen LogP contribution is 2.12. The summed E-state index contributed by atoms with van der Waals surface area (Å²) < 4.78 is 17.0. The summed E-state index contributed by atoms with van der Waals surface area (Å²) in [7, 11) is 0. The quantitative estimate of drug-likeness (QED) is 0.575. The number of aromatic amines is 1. The minimum absolute atomic E-state index is 0.218. The van der Waals surface area contributed by atoms with E-state index in [9.17, 15) is 9.18 Å². The van der Waals surface area contributed by atoms with Crippen LogP contribution in [-0.4, -0.2) is 19.3 Å². The van der Waals surface area contributed by atoms with Crippen molar-refractivity contribution in [1.82, 2.24) is 19.3 Å². The lowest BCUT2D eigenvalue weighted by Crippen LogP contribution is -2.20. The van der Waals surface area contributed by atoms with Crippen molar-refractivity contribution < 1.29 is 4.39 Å². The number of rotatable bonds is 3. The van der Waals surface area contributed by atoms with Gasteiger partial charge in [0.25, 0.3) is 5.56 Å². The molecule has 5 nitrogen and oxygen atoms in total. The molecular formula is C18H13FN4OS. The third-order valence-corrected chi connectivity index (χ3v) is 4.26. The summed E-state index contributed by atoms with van der Waals surface area (Å²) in [5.41, 5.74) is 1.53. The fourth-order valence-corrected chi connectivity index (χ4v) is 3.05. The number of hydrogen-bond donors (Lipinski definition) is 1. The normalized spacial score (nSPS) is 11.1. The second-order valence-electron chi connectivity index (χ2n) is 5.60. The van der Waals surface area contributed by atoms with Gasteiger partial charge in [-0.2, -0.15) is 5.10 Å². The molecule has 0 saturated carbocycles. The van der Waals surface area contributed by atoms with Gasteiger partial charge in [0, 0.05) is 11.8 Å². The molecule has 0 bridgehead atoms. The van der Waals surface area contributed by atoms with E-state index < -0.39 is 0 Å². The Morgan fingerprint density at radius 1 is 1.12 bits per heavy atom. The molecule has 0 atom stereocenters. The van der Waals surface area contributed by atoms with Crippen LogP contribution >= 0.6 is 12.2 Å². The lowest BCUT2D eigenvalue weighted by Gasteiger charge is -2.05.